The van der Waals surface area contributed by atoms with Crippen LogP contribution in [-0.4, -0.2) is 79.1 Å². The van der Waals surface area contributed by atoms with Gasteiger partial charge in [-0.05, 0) is 13.0 Å². The number of likely N-dealkylation sites (tertiary alicyclic amines) is 1. The highest BCUT2D eigenvalue weighted by Gasteiger charge is 2.41. The first-order valence-electron chi connectivity index (χ1n) is 10.1. The minimum Gasteiger partial charge on any atom is -0.379 e. The molecule has 1 amide bonds. The molecule has 152 valence electrons. The van der Waals surface area contributed by atoms with Gasteiger partial charge in [0.25, 0.3) is 5.91 Å². The van der Waals surface area contributed by atoms with Crippen molar-refractivity contribution in [1.82, 2.24) is 14.8 Å². The Morgan fingerprint density at radius 1 is 1.14 bits per heavy atom. The second-order valence-electron chi connectivity index (χ2n) is 7.85. The Kier molecular flexibility index (Phi) is 4.92. The van der Waals surface area contributed by atoms with Crippen LogP contribution in [0.2, 0.25) is 0 Å². The number of rotatable bonds is 3. The number of piperidine rings is 1. The van der Waals surface area contributed by atoms with Crippen LogP contribution in [-0.2, 0) is 20.8 Å². The molecule has 0 unspecified atom stereocenters. The molecule has 0 aromatic carbocycles. The molecule has 1 spiro atoms. The van der Waals surface area contributed by atoms with Gasteiger partial charge in [0, 0.05) is 56.0 Å². The summed E-state index contributed by atoms with van der Waals surface area (Å²) in [7, 11) is 0. The summed E-state index contributed by atoms with van der Waals surface area (Å²) in [5.74, 6) is -0.374. The number of thiophene rings is 1. The summed E-state index contributed by atoms with van der Waals surface area (Å²) >= 11 is 1.77. The topological polar surface area (TPSA) is 67.0 Å². The number of amides is 1. The Morgan fingerprint density at radius 3 is 2.57 bits per heavy atom. The molecule has 28 heavy (non-hydrogen) atoms. The number of fused-ring (bicyclic) bond motifs is 1. The van der Waals surface area contributed by atoms with Gasteiger partial charge in [0.05, 0.1) is 36.6 Å². The van der Waals surface area contributed by atoms with Crippen LogP contribution in [0.5, 0.6) is 0 Å². The predicted molar refractivity (Wildman–Crippen MR) is 107 cm³/mol. The fourth-order valence-electron chi connectivity index (χ4n) is 4.44. The zero-order valence-electron chi connectivity index (χ0n) is 16.3. The van der Waals surface area contributed by atoms with Gasteiger partial charge in [-0.1, -0.05) is 0 Å². The summed E-state index contributed by atoms with van der Waals surface area (Å²) in [4.78, 5) is 22.1. The van der Waals surface area contributed by atoms with Crippen molar-refractivity contribution in [1.29, 1.82) is 0 Å². The van der Waals surface area contributed by atoms with E-state index in [1.807, 2.05) is 11.0 Å². The molecular weight excluding hydrogens is 378 g/mol. The van der Waals surface area contributed by atoms with E-state index >= 15 is 0 Å². The zero-order valence-corrected chi connectivity index (χ0v) is 17.1. The average Bonchev–Trinajstić information content (AvgIpc) is 3.40. The summed E-state index contributed by atoms with van der Waals surface area (Å²) in [6, 6.07) is 2.02. The Bertz CT molecular complexity index is 854. The standard InChI is InChI=1S/C20H27N3O4S/c1-14-15(13-22-6-8-25-9-7-22)18-17(28-14)12-16(21-18)19(24)23-4-2-20(3-5-23)26-10-11-27-20/h12,21H,2-11,13H2,1H3. The third kappa shape index (κ3) is 3.37. The lowest BCUT2D eigenvalue weighted by Gasteiger charge is -2.37. The lowest BCUT2D eigenvalue weighted by molar-refractivity contribution is -0.181. The Hall–Kier alpha value is -1.45. The largest absolute Gasteiger partial charge is 0.379 e. The molecule has 0 radical (unpaired) electrons. The smallest absolute Gasteiger partial charge is 0.270 e. The van der Waals surface area contributed by atoms with E-state index < -0.39 is 5.79 Å². The van der Waals surface area contributed by atoms with Gasteiger partial charge in [-0.2, -0.15) is 0 Å². The van der Waals surface area contributed by atoms with Gasteiger partial charge in [-0.25, -0.2) is 0 Å². The maximum Gasteiger partial charge on any atom is 0.270 e. The summed E-state index contributed by atoms with van der Waals surface area (Å²) in [5.41, 5.74) is 3.12. The Labute approximate surface area is 168 Å². The van der Waals surface area contributed by atoms with Gasteiger partial charge in [0.1, 0.15) is 5.69 Å². The Morgan fingerprint density at radius 2 is 1.86 bits per heavy atom. The van der Waals surface area contributed by atoms with Crippen LogP contribution in [0.1, 0.15) is 33.8 Å². The first-order chi connectivity index (χ1) is 13.6. The molecule has 0 aliphatic carbocycles. The molecule has 1 N–H and O–H groups in total. The van der Waals surface area contributed by atoms with E-state index in [9.17, 15) is 4.79 Å². The highest BCUT2D eigenvalue weighted by molar-refractivity contribution is 7.19. The van der Waals surface area contributed by atoms with Crippen molar-refractivity contribution >= 4 is 27.5 Å². The second-order valence-corrected chi connectivity index (χ2v) is 9.10. The van der Waals surface area contributed by atoms with Gasteiger partial charge in [-0.15, -0.1) is 11.3 Å². The summed E-state index contributed by atoms with van der Waals surface area (Å²) in [6.07, 6.45) is 1.49. The van der Waals surface area contributed by atoms with Gasteiger partial charge in [0.2, 0.25) is 0 Å². The van der Waals surface area contributed by atoms with Gasteiger partial charge >= 0.3 is 0 Å². The highest BCUT2D eigenvalue weighted by atomic mass is 32.1. The average molecular weight is 406 g/mol. The monoisotopic (exact) mass is 405 g/mol. The molecule has 3 fully saturated rings. The molecule has 7 nitrogen and oxygen atoms in total. The van der Waals surface area contributed by atoms with Crippen LogP contribution < -0.4 is 0 Å². The van der Waals surface area contributed by atoms with Gasteiger partial charge < -0.3 is 24.1 Å². The van der Waals surface area contributed by atoms with Crippen LogP contribution in [0.3, 0.4) is 0 Å². The number of hydrogen-bond acceptors (Lipinski definition) is 6. The maximum atomic E-state index is 13.0. The van der Waals surface area contributed by atoms with E-state index in [1.165, 1.54) is 15.1 Å². The van der Waals surface area contributed by atoms with Crippen molar-refractivity contribution in [3.05, 3.63) is 22.2 Å². The number of carbonyl (C=O) groups excluding carboxylic acids is 1. The molecule has 2 aromatic heterocycles. The molecule has 0 bridgehead atoms. The maximum absolute atomic E-state index is 13.0. The molecule has 3 saturated heterocycles. The van der Waals surface area contributed by atoms with E-state index in [-0.39, 0.29) is 5.91 Å². The first-order valence-corrected chi connectivity index (χ1v) is 10.9. The molecular formula is C20H27N3O4S. The number of hydrogen-bond donors (Lipinski definition) is 1. The van der Waals surface area contributed by atoms with Crippen molar-refractivity contribution in [3.8, 4) is 0 Å². The molecule has 2 aromatic rings. The van der Waals surface area contributed by atoms with Crippen LogP contribution in [0.4, 0.5) is 0 Å². The molecule has 8 heteroatoms. The van der Waals surface area contributed by atoms with Crippen molar-refractivity contribution < 1.29 is 19.0 Å². The van der Waals surface area contributed by atoms with Crippen molar-refractivity contribution in [3.63, 3.8) is 0 Å². The normalized spacial score (nSPS) is 23.1. The Balaban J connectivity index is 1.31. The predicted octanol–water partition coefficient (Wildman–Crippen LogP) is 2.35. The number of H-pyrrole nitrogens is 1. The minimum absolute atomic E-state index is 0.0752. The van der Waals surface area contributed by atoms with E-state index in [1.54, 1.807) is 11.3 Å². The van der Waals surface area contributed by atoms with Gasteiger partial charge in [-0.3, -0.25) is 9.69 Å². The van der Waals surface area contributed by atoms with E-state index in [0.717, 1.165) is 51.2 Å². The number of aryl methyl sites for hydroxylation is 1. The van der Waals surface area contributed by atoms with E-state index in [2.05, 4.69) is 16.8 Å². The second kappa shape index (κ2) is 7.42. The first kappa shape index (κ1) is 18.6. The molecule has 0 atom stereocenters. The fraction of sp³-hybridized carbons (Fsp3) is 0.650. The molecule has 5 rings (SSSR count). The number of aromatic amines is 1. The third-order valence-corrected chi connectivity index (χ3v) is 7.21. The van der Waals surface area contributed by atoms with E-state index in [4.69, 9.17) is 14.2 Å². The zero-order chi connectivity index (χ0) is 19.1. The number of carbonyl (C=O) groups is 1. The molecule has 0 saturated carbocycles. The van der Waals surface area contributed by atoms with Crippen LogP contribution in [0.15, 0.2) is 6.07 Å². The minimum atomic E-state index is -0.449. The molecule has 5 heterocycles. The third-order valence-electron chi connectivity index (χ3n) is 6.11. The van der Waals surface area contributed by atoms with E-state index in [0.29, 0.717) is 32.0 Å². The van der Waals surface area contributed by atoms with Crippen molar-refractivity contribution in [2.24, 2.45) is 0 Å². The quantitative estimate of drug-likeness (QED) is 0.849. The number of morpholine rings is 1. The van der Waals surface area contributed by atoms with Crippen LogP contribution in [0, 0.1) is 6.92 Å². The molecule has 3 aliphatic rings. The number of ether oxygens (including phenoxy) is 3. The van der Waals surface area contributed by atoms with Crippen LogP contribution >= 0.6 is 11.3 Å². The molecule has 3 aliphatic heterocycles. The summed E-state index contributed by atoms with van der Waals surface area (Å²) < 4.78 is 18.2. The lowest BCUT2D eigenvalue weighted by atomic mass is 10.0. The highest BCUT2D eigenvalue weighted by Crippen LogP contribution is 2.34. The number of nitrogens with one attached hydrogen (secondary N) is 1. The summed E-state index contributed by atoms with van der Waals surface area (Å²) in [5, 5.41) is 0. The summed E-state index contributed by atoms with van der Waals surface area (Å²) in [6.45, 7) is 9.25. The number of nitrogens with zero attached hydrogens (tertiary/aromatic N) is 2. The number of aromatic nitrogens is 1. The van der Waals surface area contributed by atoms with Crippen LogP contribution in [0.25, 0.3) is 10.2 Å². The fourth-order valence-corrected chi connectivity index (χ4v) is 5.51. The lowest BCUT2D eigenvalue weighted by Crippen LogP contribution is -2.47. The SMILES string of the molecule is Cc1sc2cc(C(=O)N3CCC4(CC3)OCCO4)[nH]c2c1CN1CCOCC1. The van der Waals surface area contributed by atoms with Crippen molar-refractivity contribution in [2.45, 2.75) is 32.1 Å². The van der Waals surface area contributed by atoms with Crippen molar-refractivity contribution in [2.75, 3.05) is 52.6 Å². The van der Waals surface area contributed by atoms with Gasteiger partial charge in [0.15, 0.2) is 5.79 Å².